The third-order valence-electron chi connectivity index (χ3n) is 3.33. The van der Waals surface area contributed by atoms with Crippen LogP contribution in [0.5, 0.6) is 0 Å². The SMILES string of the molecule is Cc1cc(F)ccc1S(=O)(=O)NCC(CCO)CC(C)C. The molecule has 0 radical (unpaired) electrons. The summed E-state index contributed by atoms with van der Waals surface area (Å²) < 4.78 is 40.1. The maximum atomic E-state index is 13.1. The number of aliphatic hydroxyl groups excluding tert-OH is 1. The van der Waals surface area contributed by atoms with Crippen molar-refractivity contribution in [1.29, 1.82) is 0 Å². The first-order valence-corrected chi connectivity index (χ1v) is 8.61. The van der Waals surface area contributed by atoms with Crippen LogP contribution >= 0.6 is 0 Å². The second-order valence-electron chi connectivity index (χ2n) is 5.77. The van der Waals surface area contributed by atoms with Crippen molar-refractivity contribution in [3.8, 4) is 0 Å². The van der Waals surface area contributed by atoms with Crippen LogP contribution in [0, 0.1) is 24.6 Å². The largest absolute Gasteiger partial charge is 0.396 e. The third-order valence-corrected chi connectivity index (χ3v) is 4.91. The number of hydrogen-bond acceptors (Lipinski definition) is 3. The number of hydrogen-bond donors (Lipinski definition) is 2. The zero-order chi connectivity index (χ0) is 16.0. The van der Waals surface area contributed by atoms with E-state index in [9.17, 15) is 12.8 Å². The predicted octanol–water partition coefficient (Wildman–Crippen LogP) is 2.46. The highest BCUT2D eigenvalue weighted by molar-refractivity contribution is 7.89. The molecule has 0 saturated carbocycles. The number of sulfonamides is 1. The summed E-state index contributed by atoms with van der Waals surface area (Å²) in [5.41, 5.74) is 0.380. The van der Waals surface area contributed by atoms with Gasteiger partial charge in [-0.15, -0.1) is 0 Å². The summed E-state index contributed by atoms with van der Waals surface area (Å²) in [7, 11) is -3.66. The lowest BCUT2D eigenvalue weighted by atomic mass is 9.95. The molecule has 0 aliphatic heterocycles. The lowest BCUT2D eigenvalue weighted by molar-refractivity contribution is 0.243. The van der Waals surface area contributed by atoms with Crippen LogP contribution in [0.15, 0.2) is 23.1 Å². The van der Waals surface area contributed by atoms with Gasteiger partial charge in [-0.05, 0) is 55.4 Å². The van der Waals surface area contributed by atoms with Crippen LogP contribution in [0.25, 0.3) is 0 Å². The molecule has 0 bridgehead atoms. The second-order valence-corrected chi connectivity index (χ2v) is 7.50. The normalized spacial score (nSPS) is 13.6. The monoisotopic (exact) mass is 317 g/mol. The van der Waals surface area contributed by atoms with Crippen molar-refractivity contribution in [2.75, 3.05) is 13.2 Å². The Morgan fingerprint density at radius 2 is 2.00 bits per heavy atom. The zero-order valence-electron chi connectivity index (χ0n) is 12.8. The van der Waals surface area contributed by atoms with Gasteiger partial charge < -0.3 is 5.11 Å². The van der Waals surface area contributed by atoms with Gasteiger partial charge in [0.05, 0.1) is 4.90 Å². The van der Waals surface area contributed by atoms with Crippen molar-refractivity contribution in [3.63, 3.8) is 0 Å². The van der Waals surface area contributed by atoms with Gasteiger partial charge >= 0.3 is 0 Å². The molecule has 1 rings (SSSR count). The van der Waals surface area contributed by atoms with E-state index in [4.69, 9.17) is 5.11 Å². The first kappa shape index (κ1) is 18.1. The number of benzene rings is 1. The Morgan fingerprint density at radius 3 is 2.52 bits per heavy atom. The Labute approximate surface area is 126 Å². The average molecular weight is 317 g/mol. The molecule has 0 spiro atoms. The zero-order valence-corrected chi connectivity index (χ0v) is 13.6. The van der Waals surface area contributed by atoms with E-state index < -0.39 is 15.8 Å². The van der Waals surface area contributed by atoms with E-state index >= 15 is 0 Å². The van der Waals surface area contributed by atoms with Crippen LogP contribution in [0.3, 0.4) is 0 Å². The quantitative estimate of drug-likeness (QED) is 0.774. The summed E-state index contributed by atoms with van der Waals surface area (Å²) >= 11 is 0. The van der Waals surface area contributed by atoms with Crippen molar-refractivity contribution in [3.05, 3.63) is 29.6 Å². The lowest BCUT2D eigenvalue weighted by Crippen LogP contribution is -2.31. The molecule has 0 aromatic heterocycles. The standard InChI is InChI=1S/C15H24FNO3S/c1-11(2)8-13(6-7-18)10-17-21(19,20)15-5-4-14(16)9-12(15)3/h4-5,9,11,13,17-18H,6-8,10H2,1-3H3. The number of halogens is 1. The van der Waals surface area contributed by atoms with Crippen LogP contribution in [-0.4, -0.2) is 26.7 Å². The number of rotatable bonds is 8. The predicted molar refractivity (Wildman–Crippen MR) is 81.0 cm³/mol. The van der Waals surface area contributed by atoms with Crippen molar-refractivity contribution < 1.29 is 17.9 Å². The van der Waals surface area contributed by atoms with Gasteiger partial charge in [0.2, 0.25) is 10.0 Å². The van der Waals surface area contributed by atoms with Crippen molar-refractivity contribution in [2.45, 2.75) is 38.5 Å². The smallest absolute Gasteiger partial charge is 0.240 e. The van der Waals surface area contributed by atoms with Crippen molar-refractivity contribution in [2.24, 2.45) is 11.8 Å². The van der Waals surface area contributed by atoms with E-state index in [1.807, 2.05) is 0 Å². The molecule has 21 heavy (non-hydrogen) atoms. The number of aryl methyl sites for hydroxylation is 1. The van der Waals surface area contributed by atoms with E-state index in [1.165, 1.54) is 12.1 Å². The molecule has 1 atom stereocenters. The molecule has 0 aliphatic carbocycles. The van der Waals surface area contributed by atoms with Crippen molar-refractivity contribution in [1.82, 2.24) is 4.72 Å². The topological polar surface area (TPSA) is 66.4 Å². The van der Waals surface area contributed by atoms with Crippen LogP contribution in [-0.2, 0) is 10.0 Å². The summed E-state index contributed by atoms with van der Waals surface area (Å²) in [5, 5.41) is 9.05. The Bertz CT molecular complexity index is 558. The van der Waals surface area contributed by atoms with E-state index in [-0.39, 0.29) is 24.0 Å². The van der Waals surface area contributed by atoms with E-state index in [0.29, 0.717) is 17.9 Å². The lowest BCUT2D eigenvalue weighted by Gasteiger charge is -2.19. The van der Waals surface area contributed by atoms with Crippen molar-refractivity contribution >= 4 is 10.0 Å². The molecular formula is C15H24FNO3S. The first-order valence-electron chi connectivity index (χ1n) is 7.13. The van der Waals surface area contributed by atoms with E-state index in [0.717, 1.165) is 12.5 Å². The van der Waals surface area contributed by atoms with Gasteiger partial charge in [0.15, 0.2) is 0 Å². The Hall–Kier alpha value is -0.980. The van der Waals surface area contributed by atoms with Crippen LogP contribution in [0.2, 0.25) is 0 Å². The Balaban J connectivity index is 2.79. The molecule has 0 aliphatic rings. The van der Waals surface area contributed by atoms with Crippen LogP contribution < -0.4 is 4.72 Å². The summed E-state index contributed by atoms with van der Waals surface area (Å²) in [5.74, 6) is 0.0635. The minimum atomic E-state index is -3.66. The van der Waals surface area contributed by atoms with E-state index in [1.54, 1.807) is 6.92 Å². The summed E-state index contributed by atoms with van der Waals surface area (Å²) in [4.78, 5) is 0.0937. The fourth-order valence-electron chi connectivity index (χ4n) is 2.37. The summed E-state index contributed by atoms with van der Waals surface area (Å²) in [6.45, 7) is 6.00. The second kappa shape index (κ2) is 7.87. The molecule has 6 heteroatoms. The van der Waals surface area contributed by atoms with Gasteiger partial charge in [0.25, 0.3) is 0 Å². The Morgan fingerprint density at radius 1 is 1.33 bits per heavy atom. The van der Waals surface area contributed by atoms with Crippen LogP contribution in [0.1, 0.15) is 32.3 Å². The highest BCUT2D eigenvalue weighted by atomic mass is 32.2. The maximum absolute atomic E-state index is 13.1. The molecule has 0 fully saturated rings. The van der Waals surface area contributed by atoms with Gasteiger partial charge in [-0.1, -0.05) is 13.8 Å². The summed E-state index contributed by atoms with van der Waals surface area (Å²) in [6, 6.07) is 3.62. The first-order chi connectivity index (χ1) is 9.76. The molecule has 1 aromatic rings. The molecular weight excluding hydrogens is 293 g/mol. The molecule has 0 saturated heterocycles. The molecule has 4 nitrogen and oxygen atoms in total. The number of nitrogens with one attached hydrogen (secondary N) is 1. The molecule has 120 valence electrons. The highest BCUT2D eigenvalue weighted by Gasteiger charge is 2.19. The van der Waals surface area contributed by atoms with Gasteiger partial charge in [-0.3, -0.25) is 0 Å². The summed E-state index contributed by atoms with van der Waals surface area (Å²) in [6.07, 6.45) is 1.40. The fraction of sp³-hybridized carbons (Fsp3) is 0.600. The fourth-order valence-corrected chi connectivity index (χ4v) is 3.71. The maximum Gasteiger partial charge on any atom is 0.240 e. The Kier molecular flexibility index (Phi) is 6.77. The minimum Gasteiger partial charge on any atom is -0.396 e. The molecule has 2 N–H and O–H groups in total. The number of aliphatic hydroxyl groups is 1. The van der Waals surface area contributed by atoms with Gasteiger partial charge in [-0.2, -0.15) is 0 Å². The van der Waals surface area contributed by atoms with E-state index in [2.05, 4.69) is 18.6 Å². The highest BCUT2D eigenvalue weighted by Crippen LogP contribution is 2.18. The molecule has 0 heterocycles. The molecule has 1 aromatic carbocycles. The van der Waals surface area contributed by atoms with Gasteiger partial charge in [0.1, 0.15) is 5.82 Å². The van der Waals surface area contributed by atoms with Gasteiger partial charge in [0, 0.05) is 13.2 Å². The molecule has 1 unspecified atom stereocenters. The van der Waals surface area contributed by atoms with Gasteiger partial charge in [-0.25, -0.2) is 17.5 Å². The third kappa shape index (κ3) is 5.73. The minimum absolute atomic E-state index is 0.0364. The van der Waals surface area contributed by atoms with Crippen LogP contribution in [0.4, 0.5) is 4.39 Å². The molecule has 0 amide bonds. The average Bonchev–Trinajstić information content (AvgIpc) is 2.35.